The van der Waals surface area contributed by atoms with Gasteiger partial charge in [-0.2, -0.15) is 13.2 Å². The van der Waals surface area contributed by atoms with Gasteiger partial charge in [0.2, 0.25) is 0 Å². The lowest BCUT2D eigenvalue weighted by Crippen LogP contribution is -2.20. The van der Waals surface area contributed by atoms with Crippen LogP contribution in [-0.4, -0.2) is 11.5 Å². The quantitative estimate of drug-likeness (QED) is 0.633. The Kier molecular flexibility index (Phi) is 5.15. The first-order valence-electron chi connectivity index (χ1n) is 6.42. The highest BCUT2D eigenvalue weighted by Gasteiger charge is 2.28. The molecule has 2 aromatic rings. The standard InChI is InChI=1S/C15H12F4N2OS/c16-12-8-10(3-6-13(12)21-14(20)22)7-9-1-4-11(5-2-9)23-15(17,18)19/h1-6,8H,7H2,(H3,20,21,22). The van der Waals surface area contributed by atoms with Crippen molar-refractivity contribution in [1.29, 1.82) is 0 Å². The lowest BCUT2D eigenvalue weighted by molar-refractivity contribution is -0.0328. The maximum atomic E-state index is 13.8. The number of nitrogens with one attached hydrogen (secondary N) is 1. The molecule has 0 heterocycles. The van der Waals surface area contributed by atoms with E-state index in [2.05, 4.69) is 5.32 Å². The average Bonchev–Trinajstić information content (AvgIpc) is 2.42. The van der Waals surface area contributed by atoms with Gasteiger partial charge in [0, 0.05) is 4.90 Å². The molecular formula is C15H12F4N2OS. The second-order valence-electron chi connectivity index (χ2n) is 4.67. The first-order valence-corrected chi connectivity index (χ1v) is 7.24. The second kappa shape index (κ2) is 6.91. The minimum absolute atomic E-state index is 0.0295. The molecule has 0 unspecified atom stereocenters. The van der Waals surface area contributed by atoms with Gasteiger partial charge >= 0.3 is 11.5 Å². The van der Waals surface area contributed by atoms with E-state index < -0.39 is 17.4 Å². The molecule has 0 aromatic heterocycles. The molecule has 0 saturated heterocycles. The Balaban J connectivity index is 2.07. The van der Waals surface area contributed by atoms with Crippen LogP contribution in [0.1, 0.15) is 11.1 Å². The highest BCUT2D eigenvalue weighted by molar-refractivity contribution is 8.00. The van der Waals surface area contributed by atoms with Crippen molar-refractivity contribution >= 4 is 23.5 Å². The smallest absolute Gasteiger partial charge is 0.351 e. The van der Waals surface area contributed by atoms with E-state index in [1.807, 2.05) is 0 Å². The fourth-order valence-corrected chi connectivity index (χ4v) is 2.49. The molecule has 8 heteroatoms. The predicted molar refractivity (Wildman–Crippen MR) is 80.8 cm³/mol. The van der Waals surface area contributed by atoms with Crippen molar-refractivity contribution in [3.05, 3.63) is 59.4 Å². The van der Waals surface area contributed by atoms with E-state index in [0.29, 0.717) is 12.0 Å². The third-order valence-electron chi connectivity index (χ3n) is 2.86. The Bertz CT molecular complexity index is 702. The van der Waals surface area contributed by atoms with Gasteiger partial charge < -0.3 is 11.1 Å². The molecule has 3 nitrogen and oxygen atoms in total. The van der Waals surface area contributed by atoms with Gasteiger partial charge in [-0.05, 0) is 53.6 Å². The average molecular weight is 344 g/mol. The second-order valence-corrected chi connectivity index (χ2v) is 5.81. The summed E-state index contributed by atoms with van der Waals surface area (Å²) in [7, 11) is 0. The van der Waals surface area contributed by atoms with E-state index in [1.54, 1.807) is 18.2 Å². The molecule has 2 aromatic carbocycles. The number of anilines is 1. The summed E-state index contributed by atoms with van der Waals surface area (Å²) in [6, 6.07) is 9.21. The summed E-state index contributed by atoms with van der Waals surface area (Å²) in [5.74, 6) is -0.634. The Morgan fingerprint density at radius 2 is 1.70 bits per heavy atom. The molecule has 0 aliphatic carbocycles. The number of rotatable bonds is 4. The lowest BCUT2D eigenvalue weighted by atomic mass is 10.0. The van der Waals surface area contributed by atoms with Gasteiger partial charge in [0.15, 0.2) is 0 Å². The van der Waals surface area contributed by atoms with Gasteiger partial charge in [-0.3, -0.25) is 0 Å². The zero-order chi connectivity index (χ0) is 17.0. The minimum atomic E-state index is -4.33. The van der Waals surface area contributed by atoms with Crippen molar-refractivity contribution in [2.45, 2.75) is 16.8 Å². The van der Waals surface area contributed by atoms with E-state index in [-0.39, 0.29) is 22.3 Å². The summed E-state index contributed by atoms with van der Waals surface area (Å²) >= 11 is -0.186. The van der Waals surface area contributed by atoms with Crippen LogP contribution < -0.4 is 11.1 Å². The van der Waals surface area contributed by atoms with Gasteiger partial charge in [-0.25, -0.2) is 9.18 Å². The van der Waals surface area contributed by atoms with Crippen LogP contribution in [0.2, 0.25) is 0 Å². The number of thioether (sulfide) groups is 1. The lowest BCUT2D eigenvalue weighted by Gasteiger charge is -2.08. The third kappa shape index (κ3) is 5.48. The molecule has 0 radical (unpaired) electrons. The number of carbonyl (C=O) groups excluding carboxylic acids is 1. The van der Waals surface area contributed by atoms with Crippen LogP contribution in [0.4, 0.5) is 28.0 Å². The largest absolute Gasteiger partial charge is 0.446 e. The van der Waals surface area contributed by atoms with Crippen molar-refractivity contribution < 1.29 is 22.4 Å². The van der Waals surface area contributed by atoms with E-state index in [0.717, 1.165) is 5.56 Å². The van der Waals surface area contributed by atoms with E-state index in [9.17, 15) is 22.4 Å². The number of hydrogen-bond acceptors (Lipinski definition) is 2. The summed E-state index contributed by atoms with van der Waals surface area (Å²) in [5, 5.41) is 2.15. The van der Waals surface area contributed by atoms with Crippen LogP contribution in [0.5, 0.6) is 0 Å². The summed E-state index contributed by atoms with van der Waals surface area (Å²) in [6.07, 6.45) is 0.352. The van der Waals surface area contributed by atoms with Gasteiger partial charge in [0.25, 0.3) is 0 Å². The molecule has 23 heavy (non-hydrogen) atoms. The number of amides is 2. The molecule has 0 aliphatic heterocycles. The SMILES string of the molecule is NC(=O)Nc1ccc(Cc2ccc(SC(F)(F)F)cc2)cc1F. The molecule has 0 saturated carbocycles. The van der Waals surface area contributed by atoms with Crippen molar-refractivity contribution in [3.8, 4) is 0 Å². The Hall–Kier alpha value is -2.22. The minimum Gasteiger partial charge on any atom is -0.351 e. The molecule has 2 amide bonds. The number of primary amides is 1. The predicted octanol–water partition coefficient (Wildman–Crippen LogP) is 4.52. The molecule has 0 spiro atoms. The van der Waals surface area contributed by atoms with Crippen molar-refractivity contribution in [2.24, 2.45) is 5.73 Å². The van der Waals surface area contributed by atoms with Crippen LogP contribution in [0, 0.1) is 5.82 Å². The van der Waals surface area contributed by atoms with Crippen molar-refractivity contribution in [1.82, 2.24) is 0 Å². The summed E-state index contributed by atoms with van der Waals surface area (Å²) in [5.41, 5.74) is 1.92. The van der Waals surface area contributed by atoms with Crippen LogP contribution >= 0.6 is 11.8 Å². The maximum absolute atomic E-state index is 13.8. The summed E-state index contributed by atoms with van der Waals surface area (Å²) in [6.45, 7) is 0. The van der Waals surface area contributed by atoms with Gasteiger partial charge in [0.1, 0.15) is 5.82 Å². The number of hydrogen-bond donors (Lipinski definition) is 2. The molecular weight excluding hydrogens is 332 g/mol. The van der Waals surface area contributed by atoms with Crippen LogP contribution in [0.3, 0.4) is 0 Å². The van der Waals surface area contributed by atoms with Gasteiger partial charge in [-0.1, -0.05) is 18.2 Å². The molecule has 2 rings (SSSR count). The van der Waals surface area contributed by atoms with Crippen LogP contribution in [0.15, 0.2) is 47.4 Å². The molecule has 122 valence electrons. The number of urea groups is 1. The molecule has 0 bridgehead atoms. The van der Waals surface area contributed by atoms with E-state index in [1.165, 1.54) is 24.3 Å². The summed E-state index contributed by atoms with van der Waals surface area (Å²) < 4.78 is 50.5. The number of benzene rings is 2. The topological polar surface area (TPSA) is 55.1 Å². The third-order valence-corrected chi connectivity index (χ3v) is 3.60. The Labute approximate surface area is 133 Å². The van der Waals surface area contributed by atoms with Gasteiger partial charge in [-0.15, -0.1) is 0 Å². The van der Waals surface area contributed by atoms with Crippen LogP contribution in [0.25, 0.3) is 0 Å². The molecule has 0 atom stereocenters. The van der Waals surface area contributed by atoms with Gasteiger partial charge in [0.05, 0.1) is 5.69 Å². The number of carbonyl (C=O) groups is 1. The zero-order valence-electron chi connectivity index (χ0n) is 11.7. The monoisotopic (exact) mass is 344 g/mol. The number of alkyl halides is 3. The fraction of sp³-hybridized carbons (Fsp3) is 0.133. The number of nitrogens with two attached hydrogens (primary N) is 1. The maximum Gasteiger partial charge on any atom is 0.446 e. The Morgan fingerprint density at radius 1 is 1.09 bits per heavy atom. The van der Waals surface area contributed by atoms with Crippen molar-refractivity contribution in [3.63, 3.8) is 0 Å². The van der Waals surface area contributed by atoms with E-state index in [4.69, 9.17) is 5.73 Å². The molecule has 3 N–H and O–H groups in total. The van der Waals surface area contributed by atoms with Crippen molar-refractivity contribution in [2.75, 3.05) is 5.32 Å². The number of halogens is 4. The molecule has 0 fully saturated rings. The van der Waals surface area contributed by atoms with Crippen LogP contribution in [-0.2, 0) is 6.42 Å². The summed E-state index contributed by atoms with van der Waals surface area (Å²) in [4.78, 5) is 10.8. The first-order chi connectivity index (χ1) is 10.7. The highest BCUT2D eigenvalue weighted by Crippen LogP contribution is 2.36. The van der Waals surface area contributed by atoms with E-state index >= 15 is 0 Å². The highest BCUT2D eigenvalue weighted by atomic mass is 32.2. The fourth-order valence-electron chi connectivity index (χ4n) is 1.95. The zero-order valence-corrected chi connectivity index (χ0v) is 12.5. The normalized spacial score (nSPS) is 11.3. The Morgan fingerprint density at radius 3 is 2.22 bits per heavy atom. The molecule has 0 aliphatic rings. The first kappa shape index (κ1) is 17.1.